The lowest BCUT2D eigenvalue weighted by Gasteiger charge is -1.93. The smallest absolute Gasteiger partial charge is 0.276 e. The Morgan fingerprint density at radius 3 is 2.92 bits per heavy atom. The molecule has 0 spiro atoms. The van der Waals surface area contributed by atoms with Crippen molar-refractivity contribution >= 4 is 11.3 Å². The van der Waals surface area contributed by atoms with Gasteiger partial charge in [0, 0.05) is 11.6 Å². The molecular weight excluding hydrogens is 188 g/mol. The summed E-state index contributed by atoms with van der Waals surface area (Å²) in [5.74, 6) is 0.868. The van der Waals surface area contributed by atoms with Gasteiger partial charge in [0.1, 0.15) is 0 Å². The maximum Gasteiger partial charge on any atom is 0.276 e. The Hall–Kier alpha value is -1.27. The summed E-state index contributed by atoms with van der Waals surface area (Å²) in [5, 5.41) is 10.2. The molecule has 2 rings (SSSR count). The van der Waals surface area contributed by atoms with Gasteiger partial charge in [-0.3, -0.25) is 0 Å². The van der Waals surface area contributed by atoms with Crippen LogP contribution in [-0.4, -0.2) is 15.2 Å². The van der Waals surface area contributed by atoms with Gasteiger partial charge in [0.2, 0.25) is 5.89 Å². The molecule has 13 heavy (non-hydrogen) atoms. The van der Waals surface area contributed by atoms with Crippen LogP contribution in [-0.2, 0) is 0 Å². The lowest BCUT2D eigenvalue weighted by Crippen LogP contribution is -2.04. The van der Waals surface area contributed by atoms with Crippen LogP contribution in [0.2, 0.25) is 0 Å². The number of thiazole rings is 1. The molecule has 0 aromatic carbocycles. The van der Waals surface area contributed by atoms with Crippen LogP contribution in [0.15, 0.2) is 16.0 Å². The Morgan fingerprint density at radius 1 is 1.54 bits per heavy atom. The summed E-state index contributed by atoms with van der Waals surface area (Å²) < 4.78 is 5.29. The molecule has 2 N–H and O–H groups in total. The number of aromatic nitrogens is 3. The van der Waals surface area contributed by atoms with E-state index in [0.717, 1.165) is 5.01 Å². The highest BCUT2D eigenvalue weighted by molar-refractivity contribution is 7.12. The summed E-state index contributed by atoms with van der Waals surface area (Å²) in [6, 6.07) is -0.235. The van der Waals surface area contributed by atoms with Crippen LogP contribution >= 0.6 is 11.3 Å². The number of hydrogen-bond acceptors (Lipinski definition) is 6. The van der Waals surface area contributed by atoms with Crippen molar-refractivity contribution in [1.82, 2.24) is 15.2 Å². The molecule has 0 aliphatic rings. The minimum Gasteiger partial charge on any atom is -0.417 e. The third-order valence-electron chi connectivity index (χ3n) is 1.45. The van der Waals surface area contributed by atoms with Gasteiger partial charge < -0.3 is 10.2 Å². The minimum atomic E-state index is -0.235. The van der Waals surface area contributed by atoms with E-state index in [4.69, 9.17) is 10.2 Å². The number of rotatable bonds is 2. The van der Waals surface area contributed by atoms with Crippen molar-refractivity contribution in [3.05, 3.63) is 17.5 Å². The summed E-state index contributed by atoms with van der Waals surface area (Å²) in [6.45, 7) is 1.79. The molecule has 0 amide bonds. The van der Waals surface area contributed by atoms with Crippen molar-refractivity contribution in [2.24, 2.45) is 5.73 Å². The van der Waals surface area contributed by atoms with Gasteiger partial charge in [0.15, 0.2) is 5.01 Å². The zero-order valence-electron chi connectivity index (χ0n) is 6.97. The lowest BCUT2D eigenvalue weighted by molar-refractivity contribution is 0.473. The largest absolute Gasteiger partial charge is 0.417 e. The second-order valence-electron chi connectivity index (χ2n) is 2.57. The van der Waals surface area contributed by atoms with E-state index in [9.17, 15) is 0 Å². The quantitative estimate of drug-likeness (QED) is 0.781. The zero-order chi connectivity index (χ0) is 9.26. The molecule has 0 bridgehead atoms. The Bertz CT molecular complexity index is 381. The molecule has 6 heteroatoms. The first-order valence-corrected chi connectivity index (χ1v) is 4.64. The maximum atomic E-state index is 5.57. The summed E-state index contributed by atoms with van der Waals surface area (Å²) in [4.78, 5) is 4.04. The molecule has 2 aromatic heterocycles. The molecule has 68 valence electrons. The maximum absolute atomic E-state index is 5.57. The van der Waals surface area contributed by atoms with Gasteiger partial charge in [-0.05, 0) is 6.92 Å². The van der Waals surface area contributed by atoms with Gasteiger partial charge in [0.05, 0.1) is 6.04 Å². The molecule has 0 radical (unpaired) electrons. The van der Waals surface area contributed by atoms with E-state index in [1.165, 1.54) is 11.3 Å². The minimum absolute atomic E-state index is 0.235. The Kier molecular flexibility index (Phi) is 2.07. The topological polar surface area (TPSA) is 77.8 Å². The molecule has 0 aliphatic carbocycles. The number of nitrogens with zero attached hydrogens (tertiary/aromatic N) is 3. The molecule has 0 saturated heterocycles. The first-order valence-electron chi connectivity index (χ1n) is 3.76. The highest BCUT2D eigenvalue weighted by atomic mass is 32.1. The third-order valence-corrected chi connectivity index (χ3v) is 2.21. The van der Waals surface area contributed by atoms with Crippen molar-refractivity contribution in [3.63, 3.8) is 0 Å². The molecule has 0 saturated carbocycles. The monoisotopic (exact) mass is 196 g/mol. The lowest BCUT2D eigenvalue weighted by atomic mass is 10.4. The summed E-state index contributed by atoms with van der Waals surface area (Å²) >= 11 is 1.45. The van der Waals surface area contributed by atoms with Crippen LogP contribution in [0.3, 0.4) is 0 Å². The van der Waals surface area contributed by atoms with Gasteiger partial charge in [0.25, 0.3) is 5.89 Å². The van der Waals surface area contributed by atoms with Crippen LogP contribution in [0.1, 0.15) is 18.9 Å². The Labute approximate surface area is 78.6 Å². The van der Waals surface area contributed by atoms with E-state index in [-0.39, 0.29) is 6.04 Å². The van der Waals surface area contributed by atoms with E-state index in [2.05, 4.69) is 15.2 Å². The van der Waals surface area contributed by atoms with E-state index >= 15 is 0 Å². The van der Waals surface area contributed by atoms with E-state index in [1.807, 2.05) is 5.38 Å². The van der Waals surface area contributed by atoms with Crippen LogP contribution in [0.25, 0.3) is 10.9 Å². The molecule has 2 heterocycles. The van der Waals surface area contributed by atoms with E-state index < -0.39 is 0 Å². The normalized spacial score (nSPS) is 13.1. The summed E-state index contributed by atoms with van der Waals surface area (Å²) in [7, 11) is 0. The van der Waals surface area contributed by atoms with Crippen molar-refractivity contribution in [2.75, 3.05) is 0 Å². The SMILES string of the molecule is C[C@H](N)c1nnc(-c2nccs2)o1. The Balaban J connectivity index is 2.33. The van der Waals surface area contributed by atoms with Crippen LogP contribution in [0, 0.1) is 0 Å². The van der Waals surface area contributed by atoms with Gasteiger partial charge in [-0.2, -0.15) is 0 Å². The van der Waals surface area contributed by atoms with Crippen LogP contribution < -0.4 is 5.73 Å². The summed E-state index contributed by atoms with van der Waals surface area (Å²) in [6.07, 6.45) is 1.69. The standard InChI is InChI=1S/C7H8N4OS/c1-4(8)5-10-11-6(12-5)7-9-2-3-13-7/h2-4H,8H2,1H3/t4-/m0/s1. The predicted octanol–water partition coefficient (Wildman–Crippen LogP) is 1.21. The highest BCUT2D eigenvalue weighted by Gasteiger charge is 2.12. The fourth-order valence-corrected chi connectivity index (χ4v) is 1.39. The van der Waals surface area contributed by atoms with Gasteiger partial charge in [-0.25, -0.2) is 4.98 Å². The predicted molar refractivity (Wildman–Crippen MR) is 48.0 cm³/mol. The van der Waals surface area contributed by atoms with Crippen molar-refractivity contribution in [3.8, 4) is 10.9 Å². The molecule has 1 atom stereocenters. The van der Waals surface area contributed by atoms with Gasteiger partial charge >= 0.3 is 0 Å². The summed E-state index contributed by atoms with van der Waals surface area (Å²) in [5.41, 5.74) is 5.57. The first kappa shape index (κ1) is 8.33. The Morgan fingerprint density at radius 2 is 2.38 bits per heavy atom. The average Bonchev–Trinajstić information content (AvgIpc) is 2.75. The third kappa shape index (κ3) is 1.58. The van der Waals surface area contributed by atoms with Crippen LogP contribution in [0.4, 0.5) is 0 Å². The highest BCUT2D eigenvalue weighted by Crippen LogP contribution is 2.21. The van der Waals surface area contributed by atoms with Crippen molar-refractivity contribution < 1.29 is 4.42 Å². The van der Waals surface area contributed by atoms with Gasteiger partial charge in [-0.1, -0.05) is 0 Å². The number of nitrogens with two attached hydrogens (primary N) is 1. The number of hydrogen-bond donors (Lipinski definition) is 1. The van der Waals surface area contributed by atoms with Gasteiger partial charge in [-0.15, -0.1) is 21.5 Å². The first-order chi connectivity index (χ1) is 6.27. The molecular formula is C7H8N4OS. The molecule has 0 aliphatic heterocycles. The molecule has 0 fully saturated rings. The zero-order valence-corrected chi connectivity index (χ0v) is 7.78. The molecule has 2 aromatic rings. The van der Waals surface area contributed by atoms with Crippen LogP contribution in [0.5, 0.6) is 0 Å². The average molecular weight is 196 g/mol. The fraction of sp³-hybridized carbons (Fsp3) is 0.286. The second kappa shape index (κ2) is 3.23. The van der Waals surface area contributed by atoms with Crippen molar-refractivity contribution in [1.29, 1.82) is 0 Å². The fourth-order valence-electron chi connectivity index (χ4n) is 0.834. The van der Waals surface area contributed by atoms with E-state index in [0.29, 0.717) is 11.8 Å². The molecule has 0 unspecified atom stereocenters. The van der Waals surface area contributed by atoms with E-state index in [1.54, 1.807) is 13.1 Å². The second-order valence-corrected chi connectivity index (χ2v) is 3.47. The molecule has 5 nitrogen and oxygen atoms in total. The van der Waals surface area contributed by atoms with Crippen molar-refractivity contribution in [2.45, 2.75) is 13.0 Å².